The van der Waals surface area contributed by atoms with Gasteiger partial charge in [-0.15, -0.1) is 0 Å². The second-order valence-corrected chi connectivity index (χ2v) is 8.15. The number of amides is 1. The van der Waals surface area contributed by atoms with E-state index >= 15 is 0 Å². The van der Waals surface area contributed by atoms with Gasteiger partial charge in [-0.3, -0.25) is 4.90 Å². The van der Waals surface area contributed by atoms with Crippen molar-refractivity contribution in [1.82, 2.24) is 10.2 Å². The van der Waals surface area contributed by atoms with Crippen LogP contribution in [0, 0.1) is 0 Å². The van der Waals surface area contributed by atoms with Gasteiger partial charge in [0.25, 0.3) is 0 Å². The maximum Gasteiger partial charge on any atom is 0.407 e. The SMILES string of the molecule is C[C@@H]1CCCN1C[C@@H](NC(=O)OCc1ccccc1)[C@H](O)c1ccc2c(c1)OCCO2. The summed E-state index contributed by atoms with van der Waals surface area (Å²) in [4.78, 5) is 14.8. The molecule has 7 heteroatoms. The molecule has 2 heterocycles. The molecule has 0 radical (unpaired) electrons. The number of carbonyl (C=O) groups excluding carboxylic acids is 1. The first-order chi connectivity index (χ1) is 15.1. The van der Waals surface area contributed by atoms with Crippen LogP contribution in [0.4, 0.5) is 4.79 Å². The van der Waals surface area contributed by atoms with Crippen molar-refractivity contribution >= 4 is 6.09 Å². The predicted molar refractivity (Wildman–Crippen MR) is 116 cm³/mol. The van der Waals surface area contributed by atoms with E-state index in [1.807, 2.05) is 36.4 Å². The summed E-state index contributed by atoms with van der Waals surface area (Å²) in [5.74, 6) is 1.28. The highest BCUT2D eigenvalue weighted by Crippen LogP contribution is 2.33. The summed E-state index contributed by atoms with van der Waals surface area (Å²) < 4.78 is 16.6. The second-order valence-electron chi connectivity index (χ2n) is 8.15. The lowest BCUT2D eigenvalue weighted by atomic mass is 10.0. The zero-order chi connectivity index (χ0) is 21.6. The van der Waals surface area contributed by atoms with Gasteiger partial charge in [-0.25, -0.2) is 4.79 Å². The van der Waals surface area contributed by atoms with Gasteiger partial charge >= 0.3 is 6.09 Å². The highest BCUT2D eigenvalue weighted by Gasteiger charge is 2.30. The molecule has 4 rings (SSSR count). The van der Waals surface area contributed by atoms with E-state index in [0.717, 1.165) is 24.9 Å². The summed E-state index contributed by atoms with van der Waals surface area (Å²) in [5.41, 5.74) is 1.58. The molecule has 2 aromatic rings. The van der Waals surface area contributed by atoms with E-state index < -0.39 is 18.2 Å². The topological polar surface area (TPSA) is 80.3 Å². The Labute approximate surface area is 182 Å². The van der Waals surface area contributed by atoms with Gasteiger partial charge in [0.05, 0.1) is 6.04 Å². The van der Waals surface area contributed by atoms with Crippen LogP contribution < -0.4 is 14.8 Å². The Balaban J connectivity index is 1.46. The quantitative estimate of drug-likeness (QED) is 0.707. The Kier molecular flexibility index (Phi) is 6.94. The van der Waals surface area contributed by atoms with Gasteiger partial charge in [0.2, 0.25) is 0 Å². The third-order valence-corrected chi connectivity index (χ3v) is 5.93. The minimum Gasteiger partial charge on any atom is -0.486 e. The van der Waals surface area contributed by atoms with Crippen molar-refractivity contribution in [3.05, 3.63) is 59.7 Å². The fourth-order valence-electron chi connectivity index (χ4n) is 4.13. The minimum absolute atomic E-state index is 0.180. The smallest absolute Gasteiger partial charge is 0.407 e. The van der Waals surface area contributed by atoms with E-state index in [-0.39, 0.29) is 6.61 Å². The highest BCUT2D eigenvalue weighted by molar-refractivity contribution is 5.67. The van der Waals surface area contributed by atoms with Crippen LogP contribution in [-0.4, -0.2) is 54.5 Å². The van der Waals surface area contributed by atoms with Crippen LogP contribution in [-0.2, 0) is 11.3 Å². The van der Waals surface area contributed by atoms with Crippen molar-refractivity contribution in [3.8, 4) is 11.5 Å². The number of benzene rings is 2. The van der Waals surface area contributed by atoms with Gasteiger partial charge in [-0.2, -0.15) is 0 Å². The largest absolute Gasteiger partial charge is 0.486 e. The molecule has 2 N–H and O–H groups in total. The first kappa shape index (κ1) is 21.5. The van der Waals surface area contributed by atoms with Crippen LogP contribution in [0.1, 0.15) is 37.0 Å². The van der Waals surface area contributed by atoms with Crippen molar-refractivity contribution in [2.24, 2.45) is 0 Å². The lowest BCUT2D eigenvalue weighted by molar-refractivity contribution is 0.0825. The van der Waals surface area contributed by atoms with Crippen LogP contribution in [0.25, 0.3) is 0 Å². The van der Waals surface area contributed by atoms with E-state index in [0.29, 0.717) is 42.9 Å². The van der Waals surface area contributed by atoms with E-state index in [1.54, 1.807) is 12.1 Å². The van der Waals surface area contributed by atoms with Crippen molar-refractivity contribution in [2.45, 2.75) is 44.6 Å². The summed E-state index contributed by atoms with van der Waals surface area (Å²) in [6, 6.07) is 14.8. The molecule has 3 atom stereocenters. The molecule has 1 amide bonds. The molecule has 166 valence electrons. The Morgan fingerprint density at radius 1 is 1.19 bits per heavy atom. The number of nitrogens with one attached hydrogen (secondary N) is 1. The Morgan fingerprint density at radius 2 is 1.97 bits per heavy atom. The standard InChI is InChI=1S/C24H30N2O5/c1-17-6-5-11-26(17)15-20(25-24(28)31-16-18-7-3-2-4-8-18)23(27)19-9-10-21-22(14-19)30-13-12-29-21/h2-4,7-10,14,17,20,23,27H,5-6,11-13,15-16H2,1H3,(H,25,28)/t17-,20-,23-/m1/s1. The third kappa shape index (κ3) is 5.48. The summed E-state index contributed by atoms with van der Waals surface area (Å²) in [7, 11) is 0. The van der Waals surface area contributed by atoms with E-state index in [4.69, 9.17) is 14.2 Å². The molecular formula is C24H30N2O5. The van der Waals surface area contributed by atoms with Crippen LogP contribution in [0.2, 0.25) is 0 Å². The van der Waals surface area contributed by atoms with Crippen molar-refractivity contribution in [2.75, 3.05) is 26.3 Å². The highest BCUT2D eigenvalue weighted by atomic mass is 16.6. The fourth-order valence-corrected chi connectivity index (χ4v) is 4.13. The van der Waals surface area contributed by atoms with E-state index in [2.05, 4.69) is 17.1 Å². The van der Waals surface area contributed by atoms with Crippen molar-refractivity contribution < 1.29 is 24.1 Å². The Hall–Kier alpha value is -2.77. The number of hydrogen-bond acceptors (Lipinski definition) is 6. The van der Waals surface area contributed by atoms with Gasteiger partial charge in [0.15, 0.2) is 11.5 Å². The first-order valence-electron chi connectivity index (χ1n) is 10.9. The van der Waals surface area contributed by atoms with Gasteiger partial charge in [0, 0.05) is 12.6 Å². The van der Waals surface area contributed by atoms with Gasteiger partial charge in [0.1, 0.15) is 25.9 Å². The number of alkyl carbamates (subject to hydrolysis) is 1. The maximum absolute atomic E-state index is 12.5. The second kappa shape index (κ2) is 10.0. The van der Waals surface area contributed by atoms with Gasteiger partial charge < -0.3 is 24.6 Å². The minimum atomic E-state index is -0.909. The molecule has 0 aromatic heterocycles. The van der Waals surface area contributed by atoms with Crippen LogP contribution in [0.5, 0.6) is 11.5 Å². The lowest BCUT2D eigenvalue weighted by Gasteiger charge is -2.31. The normalized spacial score (nSPS) is 20.1. The monoisotopic (exact) mass is 426 g/mol. The number of carbonyl (C=O) groups is 1. The number of hydrogen-bond donors (Lipinski definition) is 2. The summed E-state index contributed by atoms with van der Waals surface area (Å²) in [6.07, 6.45) is 0.780. The molecule has 2 aliphatic rings. The maximum atomic E-state index is 12.5. The number of fused-ring (bicyclic) bond motifs is 1. The number of likely N-dealkylation sites (tertiary alicyclic amines) is 1. The first-order valence-corrected chi connectivity index (χ1v) is 10.9. The molecule has 2 aromatic carbocycles. The molecule has 0 saturated carbocycles. The number of nitrogens with zero attached hydrogens (tertiary/aromatic N) is 1. The molecule has 1 fully saturated rings. The zero-order valence-corrected chi connectivity index (χ0v) is 17.8. The lowest BCUT2D eigenvalue weighted by Crippen LogP contribution is -2.48. The van der Waals surface area contributed by atoms with Gasteiger partial charge in [-0.05, 0) is 49.6 Å². The van der Waals surface area contributed by atoms with E-state index in [1.165, 1.54) is 0 Å². The molecule has 31 heavy (non-hydrogen) atoms. The number of aliphatic hydroxyl groups is 1. The van der Waals surface area contributed by atoms with Gasteiger partial charge in [-0.1, -0.05) is 36.4 Å². The fraction of sp³-hybridized carbons (Fsp3) is 0.458. The van der Waals surface area contributed by atoms with Crippen LogP contribution in [0.15, 0.2) is 48.5 Å². The number of aliphatic hydroxyl groups excluding tert-OH is 1. The average Bonchev–Trinajstić information content (AvgIpc) is 3.21. The van der Waals surface area contributed by atoms with Crippen LogP contribution >= 0.6 is 0 Å². The molecule has 2 aliphatic heterocycles. The molecular weight excluding hydrogens is 396 g/mol. The molecule has 1 saturated heterocycles. The average molecular weight is 427 g/mol. The number of rotatable bonds is 7. The predicted octanol–water partition coefficient (Wildman–Crippen LogP) is 3.27. The molecule has 7 nitrogen and oxygen atoms in total. The summed E-state index contributed by atoms with van der Waals surface area (Å²) in [5, 5.41) is 14.1. The van der Waals surface area contributed by atoms with E-state index in [9.17, 15) is 9.90 Å². The Bertz CT molecular complexity index is 876. The summed E-state index contributed by atoms with van der Waals surface area (Å²) >= 11 is 0. The molecule has 0 unspecified atom stereocenters. The summed E-state index contributed by atoms with van der Waals surface area (Å²) in [6.45, 7) is 4.84. The molecule has 0 bridgehead atoms. The van der Waals surface area contributed by atoms with Crippen molar-refractivity contribution in [1.29, 1.82) is 0 Å². The van der Waals surface area contributed by atoms with Crippen LogP contribution in [0.3, 0.4) is 0 Å². The third-order valence-electron chi connectivity index (χ3n) is 5.93. The molecule has 0 spiro atoms. The Morgan fingerprint density at radius 3 is 2.71 bits per heavy atom. The van der Waals surface area contributed by atoms with Crippen molar-refractivity contribution in [3.63, 3.8) is 0 Å². The number of ether oxygens (including phenoxy) is 3. The zero-order valence-electron chi connectivity index (χ0n) is 17.8. The molecule has 0 aliphatic carbocycles.